The summed E-state index contributed by atoms with van der Waals surface area (Å²) >= 11 is 0.845. The van der Waals surface area contributed by atoms with Crippen molar-refractivity contribution in [1.82, 2.24) is 15.5 Å². The van der Waals surface area contributed by atoms with Gasteiger partial charge in [0.15, 0.2) is 11.5 Å². The molecule has 0 atom stereocenters. The Morgan fingerprint density at radius 3 is 2.50 bits per heavy atom. The van der Waals surface area contributed by atoms with Gasteiger partial charge in [-0.25, -0.2) is 0 Å². The van der Waals surface area contributed by atoms with Crippen LogP contribution in [-0.2, 0) is 17.5 Å². The smallest absolute Gasteiger partial charge is 0.418 e. The average molecular weight is 496 g/mol. The van der Waals surface area contributed by atoms with Gasteiger partial charge in [-0.2, -0.15) is 13.2 Å². The van der Waals surface area contributed by atoms with E-state index in [0.717, 1.165) is 23.9 Å². The second-order valence-electron chi connectivity index (χ2n) is 6.59. The van der Waals surface area contributed by atoms with E-state index in [9.17, 15) is 22.8 Å². The molecule has 9 nitrogen and oxygen atoms in total. The number of nitrogens with one attached hydrogen (secondary N) is 2. The molecule has 2 amide bonds. The van der Waals surface area contributed by atoms with E-state index < -0.39 is 23.6 Å². The second kappa shape index (κ2) is 10.9. The Hall–Kier alpha value is -3.74. The van der Waals surface area contributed by atoms with Gasteiger partial charge in [-0.3, -0.25) is 9.59 Å². The molecule has 3 rings (SSSR count). The van der Waals surface area contributed by atoms with E-state index in [0.29, 0.717) is 17.1 Å². The number of anilines is 1. The molecule has 0 bridgehead atoms. The Morgan fingerprint density at radius 1 is 1.06 bits per heavy atom. The molecule has 0 aliphatic carbocycles. The number of halogens is 3. The molecule has 0 aliphatic heterocycles. The number of benzene rings is 2. The van der Waals surface area contributed by atoms with E-state index in [1.165, 1.54) is 32.4 Å². The zero-order valence-electron chi connectivity index (χ0n) is 17.9. The van der Waals surface area contributed by atoms with Crippen molar-refractivity contribution < 1.29 is 36.7 Å². The van der Waals surface area contributed by atoms with Crippen molar-refractivity contribution >= 4 is 29.3 Å². The largest absolute Gasteiger partial charge is 0.493 e. The fourth-order valence-electron chi connectivity index (χ4n) is 2.76. The molecule has 13 heteroatoms. The molecule has 1 aromatic heterocycles. The topological polar surface area (TPSA) is 116 Å². The van der Waals surface area contributed by atoms with E-state index in [-0.39, 0.29) is 29.1 Å². The SMILES string of the molecule is COc1ccc(C(=O)NCc2nnc(SCC(=O)Nc3ccccc3C(F)(F)F)o2)cc1OC. The molecule has 1 heterocycles. The Labute approximate surface area is 196 Å². The minimum absolute atomic E-state index is 0.0228. The first-order valence-electron chi connectivity index (χ1n) is 9.62. The number of nitrogens with zero attached hydrogens (tertiary/aromatic N) is 2. The van der Waals surface area contributed by atoms with E-state index in [1.54, 1.807) is 12.1 Å². The van der Waals surface area contributed by atoms with Crippen LogP contribution in [0.3, 0.4) is 0 Å². The summed E-state index contributed by atoms with van der Waals surface area (Å²) < 4.78 is 54.7. The van der Waals surface area contributed by atoms with Crippen LogP contribution in [0.2, 0.25) is 0 Å². The number of thioether (sulfide) groups is 1. The van der Waals surface area contributed by atoms with E-state index in [2.05, 4.69) is 20.8 Å². The number of hydrogen-bond acceptors (Lipinski definition) is 8. The van der Waals surface area contributed by atoms with E-state index >= 15 is 0 Å². The first-order valence-corrected chi connectivity index (χ1v) is 10.6. The number of para-hydroxylation sites is 1. The summed E-state index contributed by atoms with van der Waals surface area (Å²) in [5.74, 6) is -0.407. The fraction of sp³-hybridized carbons (Fsp3) is 0.238. The number of ether oxygens (including phenoxy) is 2. The normalized spacial score (nSPS) is 11.1. The molecule has 0 saturated carbocycles. The molecule has 180 valence electrons. The first kappa shape index (κ1) is 24.9. The zero-order valence-corrected chi connectivity index (χ0v) is 18.7. The van der Waals surface area contributed by atoms with Crippen molar-refractivity contribution in [3.63, 3.8) is 0 Å². The van der Waals surface area contributed by atoms with Crippen LogP contribution in [0.5, 0.6) is 11.5 Å². The lowest BCUT2D eigenvalue weighted by Crippen LogP contribution is -2.23. The lowest BCUT2D eigenvalue weighted by molar-refractivity contribution is -0.137. The van der Waals surface area contributed by atoms with Gasteiger partial charge in [-0.05, 0) is 30.3 Å². The van der Waals surface area contributed by atoms with Gasteiger partial charge in [-0.1, -0.05) is 23.9 Å². The average Bonchev–Trinajstić information content (AvgIpc) is 3.28. The second-order valence-corrected chi connectivity index (χ2v) is 7.52. The molecule has 0 radical (unpaired) electrons. The van der Waals surface area contributed by atoms with Crippen LogP contribution in [-0.4, -0.2) is 42.0 Å². The zero-order chi connectivity index (χ0) is 24.7. The summed E-state index contributed by atoms with van der Waals surface area (Å²) in [7, 11) is 2.93. The van der Waals surface area contributed by atoms with Gasteiger partial charge >= 0.3 is 6.18 Å². The number of carbonyl (C=O) groups is 2. The quantitative estimate of drug-likeness (QED) is 0.430. The monoisotopic (exact) mass is 496 g/mol. The number of hydrogen-bond donors (Lipinski definition) is 2. The molecule has 0 spiro atoms. The van der Waals surface area contributed by atoms with Crippen LogP contribution < -0.4 is 20.1 Å². The maximum atomic E-state index is 13.0. The molecule has 3 aromatic rings. The highest BCUT2D eigenvalue weighted by Gasteiger charge is 2.33. The van der Waals surface area contributed by atoms with E-state index in [1.807, 2.05) is 0 Å². The van der Waals surface area contributed by atoms with Crippen molar-refractivity contribution in [3.05, 3.63) is 59.5 Å². The summed E-state index contributed by atoms with van der Waals surface area (Å²) in [6, 6.07) is 9.32. The first-order chi connectivity index (χ1) is 16.2. The van der Waals surface area contributed by atoms with Crippen molar-refractivity contribution in [3.8, 4) is 11.5 Å². The number of methoxy groups -OCH3 is 2. The molecule has 0 fully saturated rings. The lowest BCUT2D eigenvalue weighted by atomic mass is 10.1. The third kappa shape index (κ3) is 6.41. The molecular weight excluding hydrogens is 477 g/mol. The molecule has 34 heavy (non-hydrogen) atoms. The predicted octanol–water partition coefficient (Wildman–Crippen LogP) is 3.77. The highest BCUT2D eigenvalue weighted by atomic mass is 32.2. The molecular formula is C21H19F3N4O5S. The van der Waals surface area contributed by atoms with E-state index in [4.69, 9.17) is 13.9 Å². The van der Waals surface area contributed by atoms with Gasteiger partial charge in [0.2, 0.25) is 11.8 Å². The summed E-state index contributed by atoms with van der Waals surface area (Å²) in [5, 5.41) is 12.4. The van der Waals surface area contributed by atoms with Crippen LogP contribution in [0, 0.1) is 0 Å². The summed E-state index contributed by atoms with van der Waals surface area (Å²) in [6.45, 7) is -0.0775. The maximum absolute atomic E-state index is 13.0. The van der Waals surface area contributed by atoms with Gasteiger partial charge in [0, 0.05) is 5.56 Å². The van der Waals surface area contributed by atoms with Gasteiger partial charge in [0.05, 0.1) is 37.8 Å². The highest BCUT2D eigenvalue weighted by molar-refractivity contribution is 7.99. The Bertz CT molecular complexity index is 1170. The van der Waals surface area contributed by atoms with Crippen molar-refractivity contribution in [2.45, 2.75) is 17.9 Å². The summed E-state index contributed by atoms with van der Waals surface area (Å²) in [6.07, 6.45) is -4.60. The third-order valence-corrected chi connectivity index (χ3v) is 5.15. The number of amides is 2. The van der Waals surface area contributed by atoms with Crippen molar-refractivity contribution in [2.75, 3.05) is 25.3 Å². The predicted molar refractivity (Wildman–Crippen MR) is 116 cm³/mol. The Kier molecular flexibility index (Phi) is 7.99. The highest BCUT2D eigenvalue weighted by Crippen LogP contribution is 2.34. The third-order valence-electron chi connectivity index (χ3n) is 4.33. The van der Waals surface area contributed by atoms with Gasteiger partial charge in [0.25, 0.3) is 11.1 Å². The van der Waals surface area contributed by atoms with Crippen LogP contribution in [0.4, 0.5) is 18.9 Å². The van der Waals surface area contributed by atoms with Gasteiger partial charge < -0.3 is 24.5 Å². The lowest BCUT2D eigenvalue weighted by Gasteiger charge is -2.13. The minimum atomic E-state index is -4.60. The van der Waals surface area contributed by atoms with Crippen LogP contribution in [0.25, 0.3) is 0 Å². The number of carbonyl (C=O) groups excluding carboxylic acids is 2. The minimum Gasteiger partial charge on any atom is -0.493 e. The molecule has 0 aliphatic rings. The Morgan fingerprint density at radius 2 is 1.79 bits per heavy atom. The standard InChI is InChI=1S/C21H19F3N4O5S/c1-31-15-8-7-12(9-16(15)32-2)19(30)25-10-18-27-28-20(33-18)34-11-17(29)26-14-6-4-3-5-13(14)21(22,23)24/h3-9H,10-11H2,1-2H3,(H,25,30)(H,26,29). The molecule has 2 N–H and O–H groups in total. The summed E-state index contributed by atoms with van der Waals surface area (Å²) in [5.41, 5.74) is -0.967. The van der Waals surface area contributed by atoms with Crippen molar-refractivity contribution in [1.29, 1.82) is 0 Å². The molecule has 2 aromatic carbocycles. The summed E-state index contributed by atoms with van der Waals surface area (Å²) in [4.78, 5) is 24.4. The van der Waals surface area contributed by atoms with Crippen molar-refractivity contribution in [2.24, 2.45) is 0 Å². The van der Waals surface area contributed by atoms with Crippen LogP contribution >= 0.6 is 11.8 Å². The number of aromatic nitrogens is 2. The molecule has 0 unspecified atom stereocenters. The number of alkyl halides is 3. The number of rotatable bonds is 9. The maximum Gasteiger partial charge on any atom is 0.418 e. The molecule has 0 saturated heterocycles. The van der Waals surface area contributed by atoms with Gasteiger partial charge in [0.1, 0.15) is 0 Å². The van der Waals surface area contributed by atoms with Gasteiger partial charge in [-0.15, -0.1) is 10.2 Å². The van der Waals surface area contributed by atoms with Crippen LogP contribution in [0.1, 0.15) is 21.8 Å². The fourth-order valence-corrected chi connectivity index (χ4v) is 3.34. The Balaban J connectivity index is 1.51. The van der Waals surface area contributed by atoms with Crippen LogP contribution in [0.15, 0.2) is 52.1 Å².